The molecule has 1 fully saturated rings. The van der Waals surface area contributed by atoms with Gasteiger partial charge in [0.05, 0.1) is 0 Å². The number of nitrogens with zero attached hydrogens (tertiary/aromatic N) is 1. The van der Waals surface area contributed by atoms with Crippen molar-refractivity contribution in [1.82, 2.24) is 4.90 Å². The summed E-state index contributed by atoms with van der Waals surface area (Å²) in [6.45, 7) is 2.08. The maximum atomic E-state index is 6.92. The molecule has 1 heterocycles. The van der Waals surface area contributed by atoms with Crippen LogP contribution in [0.5, 0.6) is 0 Å². The molecule has 1 saturated heterocycles. The van der Waals surface area contributed by atoms with Crippen molar-refractivity contribution in [3.8, 4) is 0 Å². The van der Waals surface area contributed by atoms with Gasteiger partial charge >= 0.3 is 0 Å². The minimum absolute atomic E-state index is 0.153. The molecule has 0 aliphatic carbocycles. The Labute approximate surface area is 66.8 Å². The molecule has 0 aromatic heterocycles. The van der Waals surface area contributed by atoms with Crippen molar-refractivity contribution in [3.63, 3.8) is 0 Å². The van der Waals surface area contributed by atoms with E-state index in [1.54, 1.807) is 0 Å². The van der Waals surface area contributed by atoms with Crippen LogP contribution in [0.1, 0.15) is 12.8 Å². The number of likely N-dealkylation sites (tertiary alicyclic amines) is 1. The van der Waals surface area contributed by atoms with Crippen LogP contribution in [0.25, 0.3) is 0 Å². The number of rotatable bonds is 1. The molecule has 0 aromatic carbocycles. The minimum atomic E-state index is -0.153. The summed E-state index contributed by atoms with van der Waals surface area (Å²) >= 11 is 0. The van der Waals surface area contributed by atoms with Gasteiger partial charge in [0.15, 0.2) is 0 Å². The Balaban J connectivity index is 2.22. The van der Waals surface area contributed by atoms with Gasteiger partial charge in [-0.2, -0.15) is 0 Å². The highest BCUT2D eigenvalue weighted by Crippen LogP contribution is 2.11. The summed E-state index contributed by atoms with van der Waals surface area (Å²) in [5, 5.41) is 6.92. The predicted octanol–water partition coefficient (Wildman–Crippen LogP) is -0.00933. The number of hydrogen-bond acceptors (Lipinski definition) is 3. The van der Waals surface area contributed by atoms with E-state index >= 15 is 0 Å². The molecule has 0 radical (unpaired) electrons. The Morgan fingerprint density at radius 3 is 2.55 bits per heavy atom. The fourth-order valence-corrected chi connectivity index (χ4v) is 1.28. The third-order valence-corrected chi connectivity index (χ3v) is 1.96. The standard InChI is InChI=1S/C7H15N3O/c1-10-4-2-6(3-5-10)11-7(8)9/h6H,2-5H2,1H3,(H3,8,9). The van der Waals surface area contributed by atoms with Gasteiger partial charge in [-0.1, -0.05) is 0 Å². The van der Waals surface area contributed by atoms with Crippen molar-refractivity contribution in [2.24, 2.45) is 5.73 Å². The second-order valence-corrected chi connectivity index (χ2v) is 2.98. The lowest BCUT2D eigenvalue weighted by atomic mass is 10.1. The minimum Gasteiger partial charge on any atom is -0.462 e. The van der Waals surface area contributed by atoms with Gasteiger partial charge in [0.1, 0.15) is 6.10 Å². The Hall–Kier alpha value is -0.770. The van der Waals surface area contributed by atoms with Crippen LogP contribution < -0.4 is 5.73 Å². The summed E-state index contributed by atoms with van der Waals surface area (Å²) in [5.41, 5.74) is 5.11. The molecule has 0 saturated carbocycles. The summed E-state index contributed by atoms with van der Waals surface area (Å²) < 4.78 is 5.07. The summed E-state index contributed by atoms with van der Waals surface area (Å²) in [4.78, 5) is 2.25. The van der Waals surface area contributed by atoms with E-state index in [2.05, 4.69) is 11.9 Å². The molecule has 1 aliphatic rings. The molecule has 0 unspecified atom stereocenters. The van der Waals surface area contributed by atoms with Gasteiger partial charge in [0.25, 0.3) is 6.02 Å². The van der Waals surface area contributed by atoms with E-state index < -0.39 is 0 Å². The zero-order chi connectivity index (χ0) is 8.27. The summed E-state index contributed by atoms with van der Waals surface area (Å²) in [5.74, 6) is 0. The van der Waals surface area contributed by atoms with Gasteiger partial charge in [0, 0.05) is 13.1 Å². The van der Waals surface area contributed by atoms with Crippen molar-refractivity contribution in [2.75, 3.05) is 20.1 Å². The highest BCUT2D eigenvalue weighted by Gasteiger charge is 2.17. The fourth-order valence-electron chi connectivity index (χ4n) is 1.28. The van der Waals surface area contributed by atoms with Crippen molar-refractivity contribution >= 4 is 6.02 Å². The van der Waals surface area contributed by atoms with Crippen molar-refractivity contribution in [3.05, 3.63) is 0 Å². The van der Waals surface area contributed by atoms with Crippen molar-refractivity contribution in [2.45, 2.75) is 18.9 Å². The third-order valence-electron chi connectivity index (χ3n) is 1.96. The summed E-state index contributed by atoms with van der Waals surface area (Å²) in [6.07, 6.45) is 2.13. The lowest BCUT2D eigenvalue weighted by Crippen LogP contribution is -2.36. The molecule has 4 nitrogen and oxygen atoms in total. The molecule has 1 rings (SSSR count). The molecule has 0 bridgehead atoms. The number of amidine groups is 1. The van der Waals surface area contributed by atoms with Crippen LogP contribution in [-0.4, -0.2) is 37.2 Å². The summed E-state index contributed by atoms with van der Waals surface area (Å²) in [7, 11) is 2.09. The van der Waals surface area contributed by atoms with Crippen LogP contribution in [0.4, 0.5) is 0 Å². The maximum Gasteiger partial charge on any atom is 0.279 e. The van der Waals surface area contributed by atoms with Crippen LogP contribution >= 0.6 is 0 Å². The number of nitrogens with one attached hydrogen (secondary N) is 1. The van der Waals surface area contributed by atoms with Crippen LogP contribution in [0.3, 0.4) is 0 Å². The molecule has 0 atom stereocenters. The van der Waals surface area contributed by atoms with Crippen molar-refractivity contribution < 1.29 is 4.74 Å². The van der Waals surface area contributed by atoms with E-state index in [1.807, 2.05) is 0 Å². The van der Waals surface area contributed by atoms with E-state index in [9.17, 15) is 0 Å². The molecule has 0 spiro atoms. The first-order valence-electron chi connectivity index (χ1n) is 3.87. The van der Waals surface area contributed by atoms with Crippen LogP contribution in [0.15, 0.2) is 0 Å². The van der Waals surface area contributed by atoms with Gasteiger partial charge in [-0.25, -0.2) is 0 Å². The molecule has 11 heavy (non-hydrogen) atoms. The first kappa shape index (κ1) is 8.33. The van der Waals surface area contributed by atoms with Crippen LogP contribution in [-0.2, 0) is 4.74 Å². The molecule has 1 aliphatic heterocycles. The van der Waals surface area contributed by atoms with Gasteiger partial charge in [-0.15, -0.1) is 0 Å². The molecular weight excluding hydrogens is 142 g/mol. The largest absolute Gasteiger partial charge is 0.462 e. The average molecular weight is 157 g/mol. The van der Waals surface area contributed by atoms with Crippen molar-refractivity contribution in [1.29, 1.82) is 5.41 Å². The van der Waals surface area contributed by atoms with E-state index in [0.29, 0.717) is 0 Å². The topological polar surface area (TPSA) is 62.3 Å². The maximum absolute atomic E-state index is 6.92. The zero-order valence-electron chi connectivity index (χ0n) is 6.84. The second-order valence-electron chi connectivity index (χ2n) is 2.98. The van der Waals surface area contributed by atoms with E-state index in [1.165, 1.54) is 0 Å². The average Bonchev–Trinajstić information content (AvgIpc) is 1.93. The fraction of sp³-hybridized carbons (Fsp3) is 0.857. The third kappa shape index (κ3) is 2.76. The lowest BCUT2D eigenvalue weighted by molar-refractivity contribution is 0.102. The number of hydrogen-bond donors (Lipinski definition) is 2. The molecule has 4 heteroatoms. The van der Waals surface area contributed by atoms with E-state index in [0.717, 1.165) is 25.9 Å². The van der Waals surface area contributed by atoms with Gasteiger partial charge in [-0.3, -0.25) is 5.41 Å². The lowest BCUT2D eigenvalue weighted by Gasteiger charge is -2.28. The Morgan fingerprint density at radius 2 is 2.09 bits per heavy atom. The Kier molecular flexibility index (Phi) is 2.70. The molecule has 0 amide bonds. The monoisotopic (exact) mass is 157 g/mol. The first-order valence-corrected chi connectivity index (χ1v) is 3.87. The first-order chi connectivity index (χ1) is 5.18. The molecule has 0 aromatic rings. The van der Waals surface area contributed by atoms with E-state index in [4.69, 9.17) is 15.9 Å². The normalized spacial score (nSPS) is 21.5. The predicted molar refractivity (Wildman–Crippen MR) is 43.5 cm³/mol. The van der Waals surface area contributed by atoms with Crippen LogP contribution in [0, 0.1) is 5.41 Å². The molecule has 3 N–H and O–H groups in total. The zero-order valence-corrected chi connectivity index (χ0v) is 6.84. The number of ether oxygens (including phenoxy) is 1. The second kappa shape index (κ2) is 3.57. The Bertz CT molecular complexity index is 141. The SMILES string of the molecule is CN1CCC(OC(=N)N)CC1. The molecular formula is C7H15N3O. The molecule has 64 valence electrons. The quantitative estimate of drug-likeness (QED) is 0.415. The van der Waals surface area contributed by atoms with E-state index in [-0.39, 0.29) is 12.1 Å². The van der Waals surface area contributed by atoms with Gasteiger partial charge < -0.3 is 15.4 Å². The smallest absolute Gasteiger partial charge is 0.279 e. The number of piperidine rings is 1. The van der Waals surface area contributed by atoms with Gasteiger partial charge in [0.2, 0.25) is 0 Å². The van der Waals surface area contributed by atoms with Crippen LogP contribution in [0.2, 0.25) is 0 Å². The number of nitrogens with two attached hydrogens (primary N) is 1. The van der Waals surface area contributed by atoms with Gasteiger partial charge in [-0.05, 0) is 19.9 Å². The summed E-state index contributed by atoms with van der Waals surface area (Å²) in [6, 6.07) is -0.153. The highest BCUT2D eigenvalue weighted by atomic mass is 16.5. The highest BCUT2D eigenvalue weighted by molar-refractivity contribution is 5.67. The Morgan fingerprint density at radius 1 is 1.55 bits per heavy atom.